The summed E-state index contributed by atoms with van der Waals surface area (Å²) in [6.45, 7) is -6.70. The zero-order valence-corrected chi connectivity index (χ0v) is 13.6. The van der Waals surface area contributed by atoms with Crippen molar-refractivity contribution < 1.29 is 39.9 Å². The van der Waals surface area contributed by atoms with Gasteiger partial charge in [0.05, 0.1) is 7.21 Å². The van der Waals surface area contributed by atoms with E-state index in [1.54, 1.807) is 0 Å². The SMILES string of the molecule is CP1(C)=NP(OC(F)F)(OC(F)F)=NP(C)(OC(F)F)=N1. The van der Waals surface area contributed by atoms with Crippen LogP contribution in [0.3, 0.4) is 0 Å². The van der Waals surface area contributed by atoms with E-state index in [0.29, 0.717) is 0 Å². The van der Waals surface area contributed by atoms with E-state index >= 15 is 0 Å². The van der Waals surface area contributed by atoms with Crippen LogP contribution in [0.1, 0.15) is 0 Å². The summed E-state index contributed by atoms with van der Waals surface area (Å²) in [5.41, 5.74) is 0. The van der Waals surface area contributed by atoms with E-state index in [1.165, 1.54) is 13.3 Å². The first-order valence-corrected chi connectivity index (χ1v) is 11.3. The van der Waals surface area contributed by atoms with E-state index in [1.807, 2.05) is 0 Å². The number of hydrogen-bond donors (Lipinski definition) is 0. The number of alkyl halides is 6. The Balaban J connectivity index is 3.47. The molecule has 0 aromatic heterocycles. The van der Waals surface area contributed by atoms with Gasteiger partial charge >= 0.3 is 27.5 Å². The fourth-order valence-electron chi connectivity index (χ4n) is 1.46. The van der Waals surface area contributed by atoms with Crippen molar-refractivity contribution in [3.63, 3.8) is 0 Å². The summed E-state index contributed by atoms with van der Waals surface area (Å²) in [7, 11) is -11.1. The van der Waals surface area contributed by atoms with Crippen molar-refractivity contribution in [3.05, 3.63) is 0 Å². The minimum absolute atomic E-state index is 1.01. The van der Waals surface area contributed by atoms with Crippen LogP contribution >= 0.6 is 22.3 Å². The first-order valence-electron chi connectivity index (χ1n) is 5.11. The molecule has 0 spiro atoms. The quantitative estimate of drug-likeness (QED) is 0.438. The lowest BCUT2D eigenvalue weighted by molar-refractivity contribution is -0.0901. The van der Waals surface area contributed by atoms with Crippen molar-refractivity contribution >= 4 is 22.3 Å². The van der Waals surface area contributed by atoms with Gasteiger partial charge in [-0.2, -0.15) is 35.4 Å². The van der Waals surface area contributed by atoms with Crippen LogP contribution in [0.15, 0.2) is 13.5 Å². The minimum Gasteiger partial charge on any atom is -0.264 e. The molecule has 1 rings (SSSR count). The van der Waals surface area contributed by atoms with Crippen molar-refractivity contribution in [2.24, 2.45) is 13.5 Å². The summed E-state index contributed by atoms with van der Waals surface area (Å²) >= 11 is 0. The monoisotopic (exact) mass is 381 g/mol. The van der Waals surface area contributed by atoms with Gasteiger partial charge in [-0.05, 0) is 13.3 Å². The summed E-state index contributed by atoms with van der Waals surface area (Å²) in [6.07, 6.45) is 0. The van der Waals surface area contributed by atoms with E-state index in [9.17, 15) is 26.3 Å². The summed E-state index contributed by atoms with van der Waals surface area (Å²) < 4.78 is 97.7. The molecule has 15 heteroatoms. The Kier molecular flexibility index (Phi) is 6.15. The van der Waals surface area contributed by atoms with Crippen LogP contribution in [0, 0.1) is 0 Å². The van der Waals surface area contributed by atoms with Gasteiger partial charge in [-0.3, -0.25) is 4.52 Å². The molecule has 1 aliphatic rings. The third kappa shape index (κ3) is 6.04. The number of nitrogens with zero attached hydrogens (tertiary/aromatic N) is 3. The van der Waals surface area contributed by atoms with Crippen LogP contribution in [-0.4, -0.2) is 39.8 Å². The predicted molar refractivity (Wildman–Crippen MR) is 67.1 cm³/mol. The zero-order valence-electron chi connectivity index (χ0n) is 10.9. The van der Waals surface area contributed by atoms with Crippen molar-refractivity contribution in [3.8, 4) is 0 Å². The smallest absolute Gasteiger partial charge is 0.264 e. The van der Waals surface area contributed by atoms with E-state index in [-0.39, 0.29) is 0 Å². The molecule has 0 N–H and O–H groups in total. The molecule has 21 heavy (non-hydrogen) atoms. The van der Waals surface area contributed by atoms with E-state index in [0.717, 1.165) is 6.66 Å². The van der Waals surface area contributed by atoms with Crippen molar-refractivity contribution in [2.75, 3.05) is 20.0 Å². The first-order chi connectivity index (χ1) is 9.37. The second-order valence-corrected chi connectivity index (χ2v) is 12.1. The molecule has 0 radical (unpaired) electrons. The van der Waals surface area contributed by atoms with E-state index in [4.69, 9.17) is 0 Å². The topological polar surface area (TPSA) is 64.8 Å². The van der Waals surface area contributed by atoms with Gasteiger partial charge in [0.25, 0.3) is 0 Å². The molecule has 1 aliphatic heterocycles. The summed E-state index contributed by atoms with van der Waals surface area (Å²) in [5, 5.41) is 0. The number of halogens is 6. The molecule has 6 nitrogen and oxygen atoms in total. The van der Waals surface area contributed by atoms with Crippen molar-refractivity contribution in [1.82, 2.24) is 0 Å². The Bertz CT molecular complexity index is 533. The lowest BCUT2D eigenvalue weighted by Gasteiger charge is -2.29. The molecule has 0 saturated heterocycles. The fourth-order valence-corrected chi connectivity index (χ4v) is 11.8. The maximum absolute atomic E-state index is 12.4. The summed E-state index contributed by atoms with van der Waals surface area (Å²) in [4.78, 5) is 0. The van der Waals surface area contributed by atoms with Crippen LogP contribution in [0.2, 0.25) is 0 Å². The van der Waals surface area contributed by atoms with E-state index in [2.05, 4.69) is 27.1 Å². The molecule has 0 bridgehead atoms. The highest BCUT2D eigenvalue weighted by atomic mass is 31.3. The number of rotatable bonds is 6. The molecule has 1 unspecified atom stereocenters. The number of hydrogen-bond acceptors (Lipinski definition) is 6. The summed E-state index contributed by atoms with van der Waals surface area (Å²) in [6, 6.07) is 0. The third-order valence-corrected chi connectivity index (χ3v) is 11.1. The zero-order chi connectivity index (χ0) is 16.5. The van der Waals surface area contributed by atoms with Crippen LogP contribution < -0.4 is 0 Å². The van der Waals surface area contributed by atoms with Crippen molar-refractivity contribution in [1.29, 1.82) is 0 Å². The van der Waals surface area contributed by atoms with E-state index < -0.39 is 42.1 Å². The van der Waals surface area contributed by atoms with Gasteiger partial charge in [-0.25, -0.2) is 13.6 Å². The van der Waals surface area contributed by atoms with Gasteiger partial charge < -0.3 is 0 Å². The highest BCUT2D eigenvalue weighted by molar-refractivity contribution is 7.82. The largest absolute Gasteiger partial charge is 0.352 e. The Labute approximate surface area is 116 Å². The second kappa shape index (κ2) is 6.72. The van der Waals surface area contributed by atoms with Gasteiger partial charge in [0.2, 0.25) is 7.43 Å². The molecule has 0 amide bonds. The molecule has 0 aliphatic carbocycles. The first kappa shape index (κ1) is 19.2. The summed E-state index contributed by atoms with van der Waals surface area (Å²) in [5.74, 6) is 0. The molecule has 126 valence electrons. The Morgan fingerprint density at radius 2 is 1.10 bits per heavy atom. The lowest BCUT2D eigenvalue weighted by Crippen LogP contribution is -2.06. The molecule has 0 aromatic carbocycles. The van der Waals surface area contributed by atoms with Gasteiger partial charge in [-0.15, -0.1) is 0 Å². The molecule has 0 saturated carbocycles. The maximum Gasteiger partial charge on any atom is 0.352 e. The second-order valence-electron chi connectivity index (χ2n) is 4.03. The normalized spacial score (nSPS) is 27.4. The molecule has 0 fully saturated rings. The van der Waals surface area contributed by atoms with Gasteiger partial charge in [0, 0.05) is 6.66 Å². The van der Waals surface area contributed by atoms with Crippen molar-refractivity contribution in [2.45, 2.75) is 19.8 Å². The predicted octanol–water partition coefficient (Wildman–Crippen LogP) is 5.70. The average molecular weight is 381 g/mol. The van der Waals surface area contributed by atoms with Crippen LogP contribution in [-0.2, 0) is 13.6 Å². The van der Waals surface area contributed by atoms with Crippen LogP contribution in [0.25, 0.3) is 0 Å². The molecule has 0 aromatic rings. The van der Waals surface area contributed by atoms with Crippen LogP contribution in [0.5, 0.6) is 0 Å². The standard InChI is InChI=1S/C6H12F6N3O3P3/c1-19(2)13-20(3,16-4(7)8)15-21(14-19,17-5(9)10)18-6(11)12/h4-6H,1-3H3. The highest BCUT2D eigenvalue weighted by Gasteiger charge is 2.39. The van der Waals surface area contributed by atoms with Gasteiger partial charge in [-0.1, -0.05) is 0 Å². The molecular weight excluding hydrogens is 369 g/mol. The molecule has 1 atom stereocenters. The minimum atomic E-state index is -4.51. The Morgan fingerprint density at radius 3 is 1.48 bits per heavy atom. The average Bonchev–Trinajstić information content (AvgIpc) is 2.05. The van der Waals surface area contributed by atoms with Crippen LogP contribution in [0.4, 0.5) is 26.3 Å². The third-order valence-electron chi connectivity index (χ3n) is 1.71. The Morgan fingerprint density at radius 1 is 0.667 bits per heavy atom. The van der Waals surface area contributed by atoms with Gasteiger partial charge in [0.1, 0.15) is 0 Å². The molecule has 1 heterocycles. The maximum atomic E-state index is 12.4. The van der Waals surface area contributed by atoms with Gasteiger partial charge in [0.15, 0.2) is 0 Å². The lowest BCUT2D eigenvalue weighted by atomic mass is 11.5. The molecular formula is C6H12F6N3O3P3. The Hall–Kier alpha value is 0.150. The fraction of sp³-hybridized carbons (Fsp3) is 1.00. The highest BCUT2D eigenvalue weighted by Crippen LogP contribution is 2.77.